The van der Waals surface area contributed by atoms with Gasteiger partial charge in [0.2, 0.25) is 0 Å². The van der Waals surface area contributed by atoms with Crippen molar-refractivity contribution in [3.8, 4) is 5.75 Å². The highest BCUT2D eigenvalue weighted by Gasteiger charge is 2.10. The van der Waals surface area contributed by atoms with Crippen molar-refractivity contribution in [1.82, 2.24) is 10.9 Å². The number of carbonyl (C=O) groups is 2. The fraction of sp³-hybridized carbons (Fsp3) is 0.125. The predicted octanol–water partition coefficient (Wildman–Crippen LogP) is 3.47. The van der Waals surface area contributed by atoms with Crippen molar-refractivity contribution in [2.24, 2.45) is 0 Å². The lowest BCUT2D eigenvalue weighted by atomic mass is 10.2. The molecule has 0 aromatic heterocycles. The Hall–Kier alpha value is -2.24. The van der Waals surface area contributed by atoms with Gasteiger partial charge in [-0.05, 0) is 49.4 Å². The van der Waals surface area contributed by atoms with Crippen LogP contribution in [0.25, 0.3) is 0 Å². The van der Waals surface area contributed by atoms with Gasteiger partial charge < -0.3 is 4.74 Å². The Morgan fingerprint density at radius 3 is 1.96 bits per heavy atom. The first-order valence-corrected chi connectivity index (χ1v) is 7.55. The van der Waals surface area contributed by atoms with E-state index >= 15 is 0 Å². The Kier molecular flexibility index (Phi) is 5.84. The summed E-state index contributed by atoms with van der Waals surface area (Å²) in [6.07, 6.45) is 0. The Bertz CT molecular complexity index is 698. The van der Waals surface area contributed by atoms with Crippen molar-refractivity contribution in [1.29, 1.82) is 0 Å². The van der Waals surface area contributed by atoms with Gasteiger partial charge in [-0.15, -0.1) is 0 Å². The molecular formula is C16H14Cl2N2O3. The number of ether oxygens (including phenoxy) is 1. The maximum absolute atomic E-state index is 12.0. The number of benzene rings is 2. The summed E-state index contributed by atoms with van der Waals surface area (Å²) in [6, 6.07) is 11.0. The molecule has 0 saturated heterocycles. The molecule has 2 N–H and O–H groups in total. The van der Waals surface area contributed by atoms with Crippen molar-refractivity contribution in [2.45, 2.75) is 6.92 Å². The highest BCUT2D eigenvalue weighted by Crippen LogP contribution is 2.18. The smallest absolute Gasteiger partial charge is 0.269 e. The molecule has 23 heavy (non-hydrogen) atoms. The summed E-state index contributed by atoms with van der Waals surface area (Å²) < 4.78 is 5.29. The molecule has 0 fully saturated rings. The zero-order valence-electron chi connectivity index (χ0n) is 12.2. The average molecular weight is 353 g/mol. The van der Waals surface area contributed by atoms with Gasteiger partial charge in [0.1, 0.15) is 5.75 Å². The van der Waals surface area contributed by atoms with Crippen LogP contribution in [0.2, 0.25) is 10.0 Å². The molecule has 2 aromatic carbocycles. The van der Waals surface area contributed by atoms with Crippen molar-refractivity contribution in [3.05, 3.63) is 63.6 Å². The summed E-state index contributed by atoms with van der Waals surface area (Å²) in [5.41, 5.74) is 5.26. The largest absolute Gasteiger partial charge is 0.494 e. The van der Waals surface area contributed by atoms with Gasteiger partial charge in [-0.2, -0.15) is 0 Å². The minimum atomic E-state index is -0.520. The fourth-order valence-corrected chi connectivity index (χ4v) is 2.34. The standard InChI is InChI=1S/C16H14Cl2N2O3/c1-2-23-14-5-3-10(4-6-14)15(21)19-20-16(22)11-7-12(17)9-13(18)8-11/h3-9H,2H2,1H3,(H,19,21)(H,20,22). The second kappa shape index (κ2) is 7.85. The lowest BCUT2D eigenvalue weighted by Crippen LogP contribution is -2.41. The van der Waals surface area contributed by atoms with Gasteiger partial charge in [0, 0.05) is 21.2 Å². The molecule has 0 bridgehead atoms. The van der Waals surface area contributed by atoms with Gasteiger partial charge >= 0.3 is 0 Å². The van der Waals surface area contributed by atoms with Crippen LogP contribution in [0, 0.1) is 0 Å². The van der Waals surface area contributed by atoms with E-state index in [1.807, 2.05) is 6.92 Å². The molecule has 2 rings (SSSR count). The number of amides is 2. The van der Waals surface area contributed by atoms with Crippen LogP contribution in [-0.4, -0.2) is 18.4 Å². The molecule has 0 aliphatic heterocycles. The number of nitrogens with one attached hydrogen (secondary N) is 2. The summed E-state index contributed by atoms with van der Waals surface area (Å²) in [5.74, 6) is -0.301. The number of hydrazine groups is 1. The normalized spacial score (nSPS) is 10.0. The third-order valence-corrected chi connectivity index (χ3v) is 3.28. The molecule has 0 unspecified atom stereocenters. The molecule has 0 aliphatic carbocycles. The zero-order chi connectivity index (χ0) is 16.8. The van der Waals surface area contributed by atoms with Crippen LogP contribution >= 0.6 is 23.2 Å². The summed E-state index contributed by atoms with van der Waals surface area (Å²) in [6.45, 7) is 2.42. The summed E-state index contributed by atoms with van der Waals surface area (Å²) in [7, 11) is 0. The Morgan fingerprint density at radius 1 is 0.913 bits per heavy atom. The van der Waals surface area contributed by atoms with Crippen LogP contribution in [0.1, 0.15) is 27.6 Å². The molecule has 0 aliphatic rings. The highest BCUT2D eigenvalue weighted by molar-refractivity contribution is 6.35. The first-order valence-electron chi connectivity index (χ1n) is 6.79. The van der Waals surface area contributed by atoms with Gasteiger partial charge in [-0.3, -0.25) is 20.4 Å². The first kappa shape index (κ1) is 17.1. The molecule has 0 heterocycles. The third kappa shape index (κ3) is 4.87. The van der Waals surface area contributed by atoms with E-state index in [0.717, 1.165) is 0 Å². The maximum Gasteiger partial charge on any atom is 0.269 e. The number of hydrogen-bond acceptors (Lipinski definition) is 3. The van der Waals surface area contributed by atoms with Gasteiger partial charge in [0.05, 0.1) is 6.61 Å². The molecular weight excluding hydrogens is 339 g/mol. The molecule has 0 atom stereocenters. The van der Waals surface area contributed by atoms with E-state index in [4.69, 9.17) is 27.9 Å². The van der Waals surface area contributed by atoms with E-state index < -0.39 is 11.8 Å². The SMILES string of the molecule is CCOc1ccc(C(=O)NNC(=O)c2cc(Cl)cc(Cl)c2)cc1. The van der Waals surface area contributed by atoms with E-state index in [9.17, 15) is 9.59 Å². The average Bonchev–Trinajstić information content (AvgIpc) is 2.52. The lowest BCUT2D eigenvalue weighted by Gasteiger charge is -2.09. The van der Waals surface area contributed by atoms with Crippen molar-refractivity contribution in [3.63, 3.8) is 0 Å². The highest BCUT2D eigenvalue weighted by atomic mass is 35.5. The van der Waals surface area contributed by atoms with E-state index in [1.165, 1.54) is 18.2 Å². The van der Waals surface area contributed by atoms with Crippen LogP contribution < -0.4 is 15.6 Å². The number of halogens is 2. The van der Waals surface area contributed by atoms with Crippen molar-refractivity contribution < 1.29 is 14.3 Å². The summed E-state index contributed by atoms with van der Waals surface area (Å²) in [4.78, 5) is 23.9. The van der Waals surface area contributed by atoms with E-state index in [-0.39, 0.29) is 5.56 Å². The quantitative estimate of drug-likeness (QED) is 0.828. The van der Waals surface area contributed by atoms with Crippen LogP contribution in [0.3, 0.4) is 0 Å². The van der Waals surface area contributed by atoms with Crippen LogP contribution in [0.4, 0.5) is 0 Å². The molecule has 120 valence electrons. The van der Waals surface area contributed by atoms with Crippen LogP contribution in [-0.2, 0) is 0 Å². The molecule has 2 aromatic rings. The minimum absolute atomic E-state index is 0.245. The first-order chi connectivity index (χ1) is 11.0. The zero-order valence-corrected chi connectivity index (χ0v) is 13.7. The van der Waals surface area contributed by atoms with Gasteiger partial charge in [-0.25, -0.2) is 0 Å². The monoisotopic (exact) mass is 352 g/mol. The molecule has 2 amide bonds. The van der Waals surface area contributed by atoms with Crippen LogP contribution in [0.15, 0.2) is 42.5 Å². The molecule has 0 radical (unpaired) electrons. The molecule has 0 saturated carbocycles. The van der Waals surface area contributed by atoms with E-state index in [0.29, 0.717) is 28.0 Å². The van der Waals surface area contributed by atoms with E-state index in [1.54, 1.807) is 24.3 Å². The summed E-state index contributed by atoms with van der Waals surface area (Å²) >= 11 is 11.7. The Labute approximate surface area is 143 Å². The lowest BCUT2D eigenvalue weighted by molar-refractivity contribution is 0.0846. The Balaban J connectivity index is 1.96. The molecule has 5 nitrogen and oxygen atoms in total. The van der Waals surface area contributed by atoms with Crippen molar-refractivity contribution >= 4 is 35.0 Å². The maximum atomic E-state index is 12.0. The number of rotatable bonds is 4. The van der Waals surface area contributed by atoms with Gasteiger partial charge in [0.25, 0.3) is 11.8 Å². The summed E-state index contributed by atoms with van der Waals surface area (Å²) in [5, 5.41) is 0.668. The topological polar surface area (TPSA) is 67.4 Å². The van der Waals surface area contributed by atoms with Gasteiger partial charge in [0.15, 0.2) is 0 Å². The van der Waals surface area contributed by atoms with E-state index in [2.05, 4.69) is 10.9 Å². The third-order valence-electron chi connectivity index (χ3n) is 2.84. The van der Waals surface area contributed by atoms with Crippen LogP contribution in [0.5, 0.6) is 5.75 Å². The Morgan fingerprint density at radius 2 is 1.43 bits per heavy atom. The van der Waals surface area contributed by atoms with Crippen molar-refractivity contribution in [2.75, 3.05) is 6.61 Å². The second-order valence-corrected chi connectivity index (χ2v) is 5.40. The minimum Gasteiger partial charge on any atom is -0.494 e. The predicted molar refractivity (Wildman–Crippen MR) is 89.0 cm³/mol. The second-order valence-electron chi connectivity index (χ2n) is 4.52. The molecule has 7 heteroatoms. The molecule has 0 spiro atoms. The fourth-order valence-electron chi connectivity index (χ4n) is 1.81. The van der Waals surface area contributed by atoms with Gasteiger partial charge in [-0.1, -0.05) is 23.2 Å². The number of carbonyl (C=O) groups excluding carboxylic acids is 2. The number of hydrogen-bond donors (Lipinski definition) is 2.